The van der Waals surface area contributed by atoms with Crippen LogP contribution in [0.2, 0.25) is 0 Å². The predicted octanol–water partition coefficient (Wildman–Crippen LogP) is 6.25. The topological polar surface area (TPSA) is 64.1 Å². The molecule has 1 unspecified atom stereocenters. The molecule has 190 valence electrons. The number of aromatic amines is 1. The number of hydrogen-bond donors (Lipinski definition) is 1. The molecule has 6 nitrogen and oxygen atoms in total. The molecule has 3 heterocycles. The summed E-state index contributed by atoms with van der Waals surface area (Å²) in [6.45, 7) is 3.26. The highest BCUT2D eigenvalue weighted by Gasteiger charge is 2.36. The summed E-state index contributed by atoms with van der Waals surface area (Å²) >= 11 is 0. The highest BCUT2D eigenvalue weighted by molar-refractivity contribution is 5.88. The zero-order valence-corrected chi connectivity index (χ0v) is 21.4. The van der Waals surface area contributed by atoms with E-state index in [1.54, 1.807) is 6.08 Å². The van der Waals surface area contributed by atoms with E-state index in [9.17, 15) is 4.79 Å². The Labute approximate surface area is 219 Å². The quantitative estimate of drug-likeness (QED) is 0.268. The molecular weight excluding hydrogens is 458 g/mol. The number of nitrogens with one attached hydrogen (secondary N) is 1. The minimum Gasteiger partial charge on any atom is -0.361 e. The van der Waals surface area contributed by atoms with Crippen molar-refractivity contribution in [2.75, 3.05) is 19.6 Å². The maximum Gasteiger partial charge on any atom is 0.246 e. The van der Waals surface area contributed by atoms with Crippen LogP contribution in [0.25, 0.3) is 10.9 Å². The molecule has 1 aromatic heterocycles. The molecule has 3 aromatic rings. The third-order valence-corrected chi connectivity index (χ3v) is 7.45. The zero-order valence-electron chi connectivity index (χ0n) is 21.4. The van der Waals surface area contributed by atoms with Gasteiger partial charge < -0.3 is 9.88 Å². The first-order valence-electron chi connectivity index (χ1n) is 13.4. The van der Waals surface area contributed by atoms with Crippen molar-refractivity contribution < 1.29 is 4.79 Å². The van der Waals surface area contributed by atoms with Crippen LogP contribution < -0.4 is 0 Å². The number of terminal acetylenes is 1. The summed E-state index contributed by atoms with van der Waals surface area (Å²) in [5.74, 6) is 2.62. The van der Waals surface area contributed by atoms with Gasteiger partial charge in [-0.1, -0.05) is 49.2 Å². The van der Waals surface area contributed by atoms with Crippen LogP contribution in [0, 0.1) is 12.3 Å². The average Bonchev–Trinajstić information content (AvgIpc) is 3.63. The number of hydrogen-bond acceptors (Lipinski definition) is 4. The highest BCUT2D eigenvalue weighted by Crippen LogP contribution is 2.34. The van der Waals surface area contributed by atoms with E-state index in [0.717, 1.165) is 29.6 Å². The van der Waals surface area contributed by atoms with Gasteiger partial charge in [0.15, 0.2) is 0 Å². The molecule has 0 bridgehead atoms. The van der Waals surface area contributed by atoms with Gasteiger partial charge in [0.1, 0.15) is 0 Å². The van der Waals surface area contributed by atoms with E-state index in [0.29, 0.717) is 25.9 Å². The third kappa shape index (κ3) is 6.36. The Morgan fingerprint density at radius 2 is 1.89 bits per heavy atom. The minimum atomic E-state index is -0.624. The number of aromatic nitrogens is 1. The number of carbonyl (C=O) groups excluding carboxylic acids is 1. The zero-order chi connectivity index (χ0) is 25.5. The van der Waals surface area contributed by atoms with Crippen LogP contribution in [0.4, 0.5) is 0 Å². The smallest absolute Gasteiger partial charge is 0.246 e. The lowest BCUT2D eigenvalue weighted by atomic mass is 10.0. The summed E-state index contributed by atoms with van der Waals surface area (Å²) in [5, 5.41) is 9.48. The molecule has 6 heteroatoms. The van der Waals surface area contributed by atoms with Crippen molar-refractivity contribution in [1.29, 1.82) is 0 Å². The second-order valence-corrected chi connectivity index (χ2v) is 10.1. The van der Waals surface area contributed by atoms with E-state index in [2.05, 4.69) is 80.6 Å². The van der Waals surface area contributed by atoms with E-state index < -0.39 is 5.66 Å². The van der Waals surface area contributed by atoms with Gasteiger partial charge in [-0.05, 0) is 66.7 Å². The van der Waals surface area contributed by atoms with Gasteiger partial charge in [0.2, 0.25) is 11.6 Å². The fraction of sp³-hybridized carbons (Fsp3) is 0.387. The number of rotatable bonds is 10. The Morgan fingerprint density at radius 1 is 1.11 bits per heavy atom. The first-order valence-corrected chi connectivity index (χ1v) is 13.4. The number of fused-ring (bicyclic) bond motifs is 1. The lowest BCUT2D eigenvalue weighted by Gasteiger charge is -2.35. The monoisotopic (exact) mass is 493 g/mol. The molecule has 2 aliphatic rings. The molecule has 37 heavy (non-hydrogen) atoms. The normalized spacial score (nSPS) is 17.9. The average molecular weight is 494 g/mol. The summed E-state index contributed by atoms with van der Waals surface area (Å²) in [5.41, 5.74) is 2.84. The first-order chi connectivity index (χ1) is 18.2. The van der Waals surface area contributed by atoms with Gasteiger partial charge in [-0.15, -0.1) is 12.3 Å². The van der Waals surface area contributed by atoms with E-state index in [1.807, 2.05) is 17.2 Å². The van der Waals surface area contributed by atoms with Crippen LogP contribution >= 0.6 is 0 Å². The maximum absolute atomic E-state index is 13.7. The fourth-order valence-electron chi connectivity index (χ4n) is 5.26. The maximum atomic E-state index is 13.7. The summed E-state index contributed by atoms with van der Waals surface area (Å²) in [6, 6.07) is 19.2. The molecule has 1 N–H and O–H groups in total. The van der Waals surface area contributed by atoms with Crippen molar-refractivity contribution >= 4 is 16.8 Å². The van der Waals surface area contributed by atoms with Crippen molar-refractivity contribution in [2.45, 2.75) is 56.8 Å². The SMILES string of the molecule is C#CCCC1(C=CC(=O)N(Cc2ccc3[nH]ccc3c2)CC(c2ccccc2)N2CCCCCC2)N=N1. The number of likely N-dealkylation sites (tertiary alicyclic amines) is 1. The Balaban J connectivity index is 1.42. The van der Waals surface area contributed by atoms with Gasteiger partial charge in [-0.2, -0.15) is 10.2 Å². The van der Waals surface area contributed by atoms with Gasteiger partial charge in [-0.25, -0.2) is 0 Å². The molecule has 2 aromatic carbocycles. The molecule has 1 saturated heterocycles. The van der Waals surface area contributed by atoms with E-state index in [-0.39, 0.29) is 11.9 Å². The Hall–Kier alpha value is -3.69. The van der Waals surface area contributed by atoms with E-state index in [1.165, 1.54) is 31.2 Å². The molecule has 5 rings (SSSR count). The van der Waals surface area contributed by atoms with E-state index >= 15 is 0 Å². The van der Waals surface area contributed by atoms with Crippen LogP contribution in [-0.4, -0.2) is 46.0 Å². The fourth-order valence-corrected chi connectivity index (χ4v) is 5.26. The number of amides is 1. The second kappa shape index (κ2) is 11.6. The van der Waals surface area contributed by atoms with Gasteiger partial charge in [-0.3, -0.25) is 9.69 Å². The van der Waals surface area contributed by atoms with E-state index in [4.69, 9.17) is 6.42 Å². The predicted molar refractivity (Wildman–Crippen MR) is 148 cm³/mol. The number of H-pyrrole nitrogens is 1. The Kier molecular flexibility index (Phi) is 7.82. The summed E-state index contributed by atoms with van der Waals surface area (Å²) in [4.78, 5) is 21.5. The highest BCUT2D eigenvalue weighted by atomic mass is 16.2. The molecule has 0 radical (unpaired) electrons. The summed E-state index contributed by atoms with van der Waals surface area (Å²) in [6.07, 6.45) is 17.0. The van der Waals surface area contributed by atoms with Crippen molar-refractivity contribution in [3.8, 4) is 12.3 Å². The number of benzene rings is 2. The second-order valence-electron chi connectivity index (χ2n) is 10.1. The summed E-state index contributed by atoms with van der Waals surface area (Å²) < 4.78 is 0. The molecule has 1 atom stereocenters. The number of carbonyl (C=O) groups is 1. The third-order valence-electron chi connectivity index (χ3n) is 7.45. The molecule has 1 amide bonds. The van der Waals surface area contributed by atoms with Crippen LogP contribution in [0.3, 0.4) is 0 Å². The largest absolute Gasteiger partial charge is 0.361 e. The van der Waals surface area contributed by atoms with Crippen LogP contribution in [0.15, 0.2) is 83.2 Å². The molecule has 1 fully saturated rings. The molecular formula is C31H35N5O. The van der Waals surface area contributed by atoms with Crippen LogP contribution in [-0.2, 0) is 11.3 Å². The molecule has 0 saturated carbocycles. The van der Waals surface area contributed by atoms with Gasteiger partial charge in [0, 0.05) is 43.7 Å². The lowest BCUT2D eigenvalue weighted by molar-refractivity contribution is -0.127. The Bertz CT molecular complexity index is 1290. The molecule has 2 aliphatic heterocycles. The van der Waals surface area contributed by atoms with Crippen molar-refractivity contribution in [3.63, 3.8) is 0 Å². The van der Waals surface area contributed by atoms with Crippen molar-refractivity contribution in [1.82, 2.24) is 14.8 Å². The lowest BCUT2D eigenvalue weighted by Crippen LogP contribution is -2.40. The van der Waals surface area contributed by atoms with Crippen molar-refractivity contribution in [3.05, 3.63) is 84.1 Å². The van der Waals surface area contributed by atoms with Crippen LogP contribution in [0.1, 0.15) is 55.7 Å². The molecule has 0 spiro atoms. The standard InChI is InChI=1S/C31H35N5O/c1-2-3-17-31(33-34-31)18-15-30(37)36(23-25-13-14-28-27(22-25)16-19-32-28)24-29(26-11-7-6-8-12-26)35-20-9-4-5-10-21-35/h1,6-8,11-16,18-19,22,29,32H,3-5,9-10,17,20-21,23-24H2. The van der Waals surface area contributed by atoms with Gasteiger partial charge >= 0.3 is 0 Å². The molecule has 0 aliphatic carbocycles. The van der Waals surface area contributed by atoms with Gasteiger partial charge in [0.25, 0.3) is 0 Å². The Morgan fingerprint density at radius 3 is 2.62 bits per heavy atom. The van der Waals surface area contributed by atoms with Gasteiger partial charge in [0.05, 0.1) is 6.04 Å². The number of nitrogens with zero attached hydrogens (tertiary/aromatic N) is 4. The van der Waals surface area contributed by atoms with Crippen LogP contribution in [0.5, 0.6) is 0 Å². The first kappa shape index (κ1) is 25.0. The minimum absolute atomic E-state index is 0.0256. The van der Waals surface area contributed by atoms with Crippen molar-refractivity contribution in [2.24, 2.45) is 10.2 Å². The summed E-state index contributed by atoms with van der Waals surface area (Å²) in [7, 11) is 0.